The third-order valence-electron chi connectivity index (χ3n) is 5.39. The molecule has 0 radical (unpaired) electrons. The van der Waals surface area contributed by atoms with Crippen molar-refractivity contribution in [3.05, 3.63) is 88.9 Å². The number of carbonyl (C=O) groups excluding carboxylic acids is 1. The smallest absolute Gasteiger partial charge is 0.320 e. The number of thiazole rings is 1. The Labute approximate surface area is 182 Å². The lowest BCUT2D eigenvalue weighted by atomic mass is 9.93. The van der Waals surface area contributed by atoms with Gasteiger partial charge in [0, 0.05) is 5.57 Å². The molecule has 0 bridgehead atoms. The highest BCUT2D eigenvalue weighted by atomic mass is 32.1. The van der Waals surface area contributed by atoms with E-state index < -0.39 is 0 Å². The Morgan fingerprint density at radius 3 is 2.61 bits per heavy atom. The molecule has 2 aliphatic heterocycles. The summed E-state index contributed by atoms with van der Waals surface area (Å²) >= 11 is 1.61. The van der Waals surface area contributed by atoms with Gasteiger partial charge in [0.1, 0.15) is 5.01 Å². The maximum Gasteiger partial charge on any atom is 0.320 e. The third kappa shape index (κ3) is 3.10. The van der Waals surface area contributed by atoms with Gasteiger partial charge in [0.25, 0.3) is 0 Å². The quantitative estimate of drug-likeness (QED) is 0.485. The molecule has 7 heteroatoms. The van der Waals surface area contributed by atoms with E-state index in [9.17, 15) is 4.79 Å². The van der Waals surface area contributed by atoms with E-state index in [0.717, 1.165) is 37.6 Å². The van der Waals surface area contributed by atoms with Crippen molar-refractivity contribution in [2.24, 2.45) is 0 Å². The lowest BCUT2D eigenvalue weighted by molar-refractivity contribution is 0.174. The van der Waals surface area contributed by atoms with Gasteiger partial charge in [0.05, 0.1) is 22.0 Å². The highest BCUT2D eigenvalue weighted by Gasteiger charge is 2.33. The Bertz CT molecular complexity index is 1310. The van der Waals surface area contributed by atoms with Gasteiger partial charge in [-0.15, -0.1) is 11.3 Å². The van der Waals surface area contributed by atoms with E-state index in [0.29, 0.717) is 11.5 Å². The van der Waals surface area contributed by atoms with Crippen LogP contribution in [0.4, 0.5) is 4.79 Å². The first-order chi connectivity index (χ1) is 15.3. The number of benzene rings is 3. The van der Waals surface area contributed by atoms with E-state index in [1.807, 2.05) is 66.7 Å². The second-order valence-corrected chi connectivity index (χ2v) is 8.32. The van der Waals surface area contributed by atoms with Gasteiger partial charge in [-0.1, -0.05) is 48.5 Å². The Balaban J connectivity index is 1.59. The number of aromatic nitrogens is 1. The lowest BCUT2D eigenvalue weighted by Crippen LogP contribution is -2.42. The number of nitrogens with zero attached hydrogens (tertiary/aromatic N) is 1. The highest BCUT2D eigenvalue weighted by Crippen LogP contribution is 2.43. The van der Waals surface area contributed by atoms with Crippen molar-refractivity contribution in [3.8, 4) is 11.5 Å². The molecule has 6 rings (SSSR count). The summed E-state index contributed by atoms with van der Waals surface area (Å²) in [5, 5.41) is 6.95. The topological polar surface area (TPSA) is 72.5 Å². The van der Waals surface area contributed by atoms with Crippen molar-refractivity contribution < 1.29 is 14.3 Å². The summed E-state index contributed by atoms with van der Waals surface area (Å²) in [7, 11) is 0. The third-order valence-corrected chi connectivity index (χ3v) is 6.46. The number of amides is 2. The van der Waals surface area contributed by atoms with E-state index in [4.69, 9.17) is 14.5 Å². The molecule has 1 atom stereocenters. The minimum absolute atomic E-state index is 0.202. The number of hydrogen-bond donors (Lipinski definition) is 2. The van der Waals surface area contributed by atoms with E-state index in [-0.39, 0.29) is 18.9 Å². The van der Waals surface area contributed by atoms with Crippen LogP contribution in [0, 0.1) is 0 Å². The molecule has 31 heavy (non-hydrogen) atoms. The van der Waals surface area contributed by atoms with E-state index >= 15 is 0 Å². The molecule has 0 spiro atoms. The molecule has 0 saturated carbocycles. The van der Waals surface area contributed by atoms with Crippen molar-refractivity contribution in [1.29, 1.82) is 0 Å². The Hall–Kier alpha value is -3.84. The molecule has 6 nitrogen and oxygen atoms in total. The van der Waals surface area contributed by atoms with E-state index in [2.05, 4.69) is 16.7 Å². The molecule has 0 fully saturated rings. The molecule has 2 N–H and O–H groups in total. The SMILES string of the molecule is O=C1NC(c2ccccc2)=C(c2nc3ccccc3s2)C(c2ccc3c(c2)OCO3)N1. The Kier molecular flexibility index (Phi) is 4.14. The van der Waals surface area contributed by atoms with Crippen molar-refractivity contribution in [1.82, 2.24) is 15.6 Å². The summed E-state index contributed by atoms with van der Waals surface area (Å²) in [6.45, 7) is 0.202. The highest BCUT2D eigenvalue weighted by molar-refractivity contribution is 7.19. The molecular formula is C24H17N3O3S. The molecule has 2 amide bonds. The number of ether oxygens (including phenoxy) is 2. The van der Waals surface area contributed by atoms with Gasteiger partial charge in [-0.25, -0.2) is 9.78 Å². The first-order valence-corrected chi connectivity index (χ1v) is 10.7. The van der Waals surface area contributed by atoms with Gasteiger partial charge in [0.15, 0.2) is 11.5 Å². The zero-order chi connectivity index (χ0) is 20.8. The average molecular weight is 427 g/mol. The fourth-order valence-electron chi connectivity index (χ4n) is 3.96. The average Bonchev–Trinajstić information content (AvgIpc) is 3.45. The molecule has 152 valence electrons. The molecule has 0 saturated heterocycles. The predicted molar refractivity (Wildman–Crippen MR) is 120 cm³/mol. The summed E-state index contributed by atoms with van der Waals surface area (Å²) in [6, 6.07) is 23.0. The van der Waals surface area contributed by atoms with Crippen LogP contribution < -0.4 is 20.1 Å². The number of carbonyl (C=O) groups is 1. The van der Waals surface area contributed by atoms with Crippen LogP contribution in [0.3, 0.4) is 0 Å². The standard InChI is InChI=1S/C24H17N3O3S/c28-24-26-21(14-6-2-1-3-7-14)20(23-25-16-8-4-5-9-19(16)31-23)22(27-24)15-10-11-17-18(12-15)30-13-29-17/h1-12,22H,13H2,(H2,26,27,28). The summed E-state index contributed by atoms with van der Waals surface area (Å²) in [5.41, 5.74) is 4.44. The van der Waals surface area contributed by atoms with Gasteiger partial charge >= 0.3 is 6.03 Å². The molecule has 3 aromatic carbocycles. The van der Waals surface area contributed by atoms with Gasteiger partial charge in [0.2, 0.25) is 6.79 Å². The number of nitrogens with one attached hydrogen (secondary N) is 2. The molecule has 1 unspecified atom stereocenters. The first kappa shape index (κ1) is 18.0. The lowest BCUT2D eigenvalue weighted by Gasteiger charge is -2.30. The molecule has 4 aromatic rings. The monoisotopic (exact) mass is 427 g/mol. The Morgan fingerprint density at radius 2 is 1.74 bits per heavy atom. The van der Waals surface area contributed by atoms with Crippen LogP contribution in [-0.4, -0.2) is 17.8 Å². The zero-order valence-electron chi connectivity index (χ0n) is 16.3. The van der Waals surface area contributed by atoms with Crippen LogP contribution in [0.25, 0.3) is 21.5 Å². The number of rotatable bonds is 3. The van der Waals surface area contributed by atoms with Gasteiger partial charge in [-0.05, 0) is 35.4 Å². The normalized spacial score (nSPS) is 17.5. The van der Waals surface area contributed by atoms with E-state index in [1.165, 1.54) is 0 Å². The van der Waals surface area contributed by atoms with Crippen LogP contribution in [0.1, 0.15) is 22.2 Å². The maximum absolute atomic E-state index is 12.7. The largest absolute Gasteiger partial charge is 0.454 e. The van der Waals surface area contributed by atoms with Crippen LogP contribution in [0.5, 0.6) is 11.5 Å². The van der Waals surface area contributed by atoms with E-state index in [1.54, 1.807) is 11.3 Å². The second kappa shape index (κ2) is 7.14. The van der Waals surface area contributed by atoms with Gasteiger partial charge in [-0.2, -0.15) is 0 Å². The number of hydrogen-bond acceptors (Lipinski definition) is 5. The number of fused-ring (bicyclic) bond motifs is 2. The fourth-order valence-corrected chi connectivity index (χ4v) is 5.00. The molecule has 3 heterocycles. The summed E-state index contributed by atoms with van der Waals surface area (Å²) in [4.78, 5) is 17.6. The minimum Gasteiger partial charge on any atom is -0.454 e. The summed E-state index contributed by atoms with van der Waals surface area (Å²) in [6.07, 6.45) is 0. The van der Waals surface area contributed by atoms with Gasteiger partial charge < -0.3 is 20.1 Å². The fraction of sp³-hybridized carbons (Fsp3) is 0.0833. The zero-order valence-corrected chi connectivity index (χ0v) is 17.1. The Morgan fingerprint density at radius 1 is 0.935 bits per heavy atom. The van der Waals surface area contributed by atoms with Crippen LogP contribution in [0.15, 0.2) is 72.8 Å². The van der Waals surface area contributed by atoms with Crippen molar-refractivity contribution in [2.75, 3.05) is 6.79 Å². The molecule has 2 aliphatic rings. The molecule has 0 aliphatic carbocycles. The van der Waals surface area contributed by atoms with Crippen molar-refractivity contribution >= 4 is 38.9 Å². The summed E-state index contributed by atoms with van der Waals surface area (Å²) in [5.74, 6) is 1.38. The summed E-state index contributed by atoms with van der Waals surface area (Å²) < 4.78 is 12.1. The van der Waals surface area contributed by atoms with Crippen molar-refractivity contribution in [2.45, 2.75) is 6.04 Å². The van der Waals surface area contributed by atoms with Gasteiger partial charge in [-0.3, -0.25) is 0 Å². The van der Waals surface area contributed by atoms with Crippen LogP contribution >= 0.6 is 11.3 Å². The predicted octanol–water partition coefficient (Wildman–Crippen LogP) is 4.95. The van der Waals surface area contributed by atoms with Crippen molar-refractivity contribution in [3.63, 3.8) is 0 Å². The number of urea groups is 1. The van der Waals surface area contributed by atoms with Crippen LogP contribution in [0.2, 0.25) is 0 Å². The van der Waals surface area contributed by atoms with Crippen LogP contribution in [-0.2, 0) is 0 Å². The maximum atomic E-state index is 12.7. The number of para-hydroxylation sites is 1. The minimum atomic E-state index is -0.390. The second-order valence-electron chi connectivity index (χ2n) is 7.29. The molecular weight excluding hydrogens is 410 g/mol. The molecule has 1 aromatic heterocycles. The first-order valence-electron chi connectivity index (χ1n) is 9.89.